The van der Waals surface area contributed by atoms with Crippen LogP contribution in [0.15, 0.2) is 18.2 Å². The van der Waals surface area contributed by atoms with Gasteiger partial charge in [0.15, 0.2) is 11.6 Å². The second-order valence-electron chi connectivity index (χ2n) is 4.46. The van der Waals surface area contributed by atoms with Crippen LogP contribution in [0.5, 0.6) is 0 Å². The topological polar surface area (TPSA) is 59.3 Å². The van der Waals surface area contributed by atoms with Crippen LogP contribution >= 0.6 is 11.3 Å². The molecule has 0 saturated carbocycles. The van der Waals surface area contributed by atoms with Crippen LogP contribution in [0.4, 0.5) is 14.7 Å². The highest BCUT2D eigenvalue weighted by Crippen LogP contribution is 2.21. The molecule has 0 aliphatic heterocycles. The fraction of sp³-hybridized carbons (Fsp3) is 0.154. The van der Waals surface area contributed by atoms with E-state index in [0.717, 1.165) is 22.7 Å². The molecule has 108 valence electrons. The average Bonchev–Trinajstić information content (AvgIpc) is 2.93. The van der Waals surface area contributed by atoms with E-state index < -0.39 is 17.5 Å². The molecule has 0 aliphatic carbocycles. The minimum atomic E-state index is -1.08. The summed E-state index contributed by atoms with van der Waals surface area (Å²) in [4.78, 5) is 17.9. The predicted octanol–water partition coefficient (Wildman–Crippen LogP) is 2.94. The van der Waals surface area contributed by atoms with Gasteiger partial charge < -0.3 is 0 Å². The monoisotopic (exact) mass is 308 g/mol. The molecule has 2 heterocycles. The van der Waals surface area contributed by atoms with Crippen LogP contribution in [0, 0.1) is 25.5 Å². The highest BCUT2D eigenvalue weighted by atomic mass is 32.1. The number of nitrogens with zero attached hydrogens (tertiary/aromatic N) is 3. The van der Waals surface area contributed by atoms with Crippen LogP contribution in [0.1, 0.15) is 20.9 Å². The maximum absolute atomic E-state index is 13.1. The molecule has 3 rings (SSSR count). The van der Waals surface area contributed by atoms with Crippen LogP contribution in [-0.4, -0.2) is 20.5 Å². The van der Waals surface area contributed by atoms with E-state index in [9.17, 15) is 13.6 Å². The van der Waals surface area contributed by atoms with Gasteiger partial charge in [-0.3, -0.25) is 10.1 Å². The van der Waals surface area contributed by atoms with Crippen LogP contribution in [-0.2, 0) is 0 Å². The van der Waals surface area contributed by atoms with Crippen molar-refractivity contribution < 1.29 is 13.6 Å². The van der Waals surface area contributed by atoms with Gasteiger partial charge in [-0.1, -0.05) is 11.3 Å². The predicted molar refractivity (Wildman–Crippen MR) is 74.6 cm³/mol. The van der Waals surface area contributed by atoms with Gasteiger partial charge in [-0.25, -0.2) is 13.3 Å². The lowest BCUT2D eigenvalue weighted by Gasteiger charge is -2.01. The van der Waals surface area contributed by atoms with Crippen molar-refractivity contribution in [1.82, 2.24) is 14.6 Å². The number of thiazole rings is 1. The van der Waals surface area contributed by atoms with Crippen LogP contribution in [0.25, 0.3) is 4.96 Å². The highest BCUT2D eigenvalue weighted by Gasteiger charge is 2.15. The lowest BCUT2D eigenvalue weighted by Crippen LogP contribution is -2.13. The van der Waals surface area contributed by atoms with Crippen molar-refractivity contribution in [3.63, 3.8) is 0 Å². The van der Waals surface area contributed by atoms with Crippen molar-refractivity contribution in [2.45, 2.75) is 13.8 Å². The summed E-state index contributed by atoms with van der Waals surface area (Å²) in [6, 6.07) is 2.93. The molecule has 0 aliphatic rings. The number of rotatable bonds is 2. The standard InChI is InChI=1S/C13H10F2N4OS/c1-6-7(2)21-13-17-12(18-19(6)13)16-11(20)8-3-4-9(14)10(15)5-8/h3-5H,1-2H3,(H,16,18,20). The number of aryl methyl sites for hydroxylation is 2. The zero-order valence-electron chi connectivity index (χ0n) is 11.1. The number of carbonyl (C=O) groups is 1. The Morgan fingerprint density at radius 1 is 1.29 bits per heavy atom. The zero-order valence-corrected chi connectivity index (χ0v) is 12.0. The summed E-state index contributed by atoms with van der Waals surface area (Å²) in [7, 11) is 0. The van der Waals surface area contributed by atoms with Crippen molar-refractivity contribution in [3.05, 3.63) is 46.0 Å². The van der Waals surface area contributed by atoms with E-state index in [-0.39, 0.29) is 11.5 Å². The molecule has 1 aromatic carbocycles. The molecule has 5 nitrogen and oxygen atoms in total. The number of aromatic nitrogens is 3. The average molecular weight is 308 g/mol. The van der Waals surface area contributed by atoms with E-state index in [1.54, 1.807) is 4.52 Å². The molecule has 1 N–H and O–H groups in total. The quantitative estimate of drug-likeness (QED) is 0.792. The number of amides is 1. The van der Waals surface area contributed by atoms with Gasteiger partial charge >= 0.3 is 0 Å². The van der Waals surface area contributed by atoms with E-state index in [1.807, 2.05) is 13.8 Å². The van der Waals surface area contributed by atoms with Gasteiger partial charge in [-0.2, -0.15) is 4.98 Å². The first kappa shape index (κ1) is 13.6. The third-order valence-electron chi connectivity index (χ3n) is 3.06. The molecule has 0 bridgehead atoms. The van der Waals surface area contributed by atoms with E-state index in [1.165, 1.54) is 17.4 Å². The molecule has 0 fully saturated rings. The molecule has 0 spiro atoms. The zero-order chi connectivity index (χ0) is 15.1. The van der Waals surface area contributed by atoms with Crippen LogP contribution in [0.3, 0.4) is 0 Å². The molecule has 0 radical (unpaired) electrons. The molecule has 0 saturated heterocycles. The number of nitrogens with one attached hydrogen (secondary N) is 1. The minimum Gasteiger partial charge on any atom is -0.289 e. The molecular formula is C13H10F2N4OS. The molecule has 21 heavy (non-hydrogen) atoms. The van der Waals surface area contributed by atoms with Crippen molar-refractivity contribution in [1.29, 1.82) is 0 Å². The summed E-state index contributed by atoms with van der Waals surface area (Å²) < 4.78 is 27.6. The number of carbonyl (C=O) groups excluding carboxylic acids is 1. The van der Waals surface area contributed by atoms with Crippen molar-refractivity contribution >= 4 is 28.2 Å². The Bertz CT molecular complexity index is 855. The summed E-state index contributed by atoms with van der Waals surface area (Å²) >= 11 is 1.46. The Morgan fingerprint density at radius 2 is 2.05 bits per heavy atom. The summed E-state index contributed by atoms with van der Waals surface area (Å²) in [6.07, 6.45) is 0. The van der Waals surface area contributed by atoms with E-state index >= 15 is 0 Å². The number of fused-ring (bicyclic) bond motifs is 1. The lowest BCUT2D eigenvalue weighted by atomic mass is 10.2. The third kappa shape index (κ3) is 2.38. The van der Waals surface area contributed by atoms with Gasteiger partial charge in [0.05, 0.1) is 5.69 Å². The van der Waals surface area contributed by atoms with Crippen molar-refractivity contribution in [2.75, 3.05) is 5.32 Å². The first-order valence-electron chi connectivity index (χ1n) is 6.05. The van der Waals surface area contributed by atoms with Crippen LogP contribution in [0.2, 0.25) is 0 Å². The molecular weight excluding hydrogens is 298 g/mol. The molecule has 2 aromatic heterocycles. The molecule has 8 heteroatoms. The first-order valence-corrected chi connectivity index (χ1v) is 6.86. The second kappa shape index (κ2) is 4.88. The van der Waals surface area contributed by atoms with E-state index in [2.05, 4.69) is 15.4 Å². The van der Waals surface area contributed by atoms with Gasteiger partial charge in [0, 0.05) is 10.4 Å². The minimum absolute atomic E-state index is 0.0000397. The second-order valence-corrected chi connectivity index (χ2v) is 5.64. The number of hydrogen-bond acceptors (Lipinski definition) is 4. The fourth-order valence-electron chi connectivity index (χ4n) is 1.81. The van der Waals surface area contributed by atoms with Gasteiger partial charge in [-0.15, -0.1) is 5.10 Å². The van der Waals surface area contributed by atoms with Gasteiger partial charge in [0.25, 0.3) is 11.9 Å². The van der Waals surface area contributed by atoms with E-state index in [0.29, 0.717) is 4.96 Å². The Labute approximate surface area is 122 Å². The summed E-state index contributed by atoms with van der Waals surface area (Å²) in [5.41, 5.74) is 0.941. The summed E-state index contributed by atoms with van der Waals surface area (Å²) in [5.74, 6) is -2.55. The van der Waals surface area contributed by atoms with Gasteiger partial charge in [0.2, 0.25) is 4.96 Å². The number of benzene rings is 1. The summed E-state index contributed by atoms with van der Waals surface area (Å²) in [6.45, 7) is 3.85. The Balaban J connectivity index is 1.87. The fourth-order valence-corrected chi connectivity index (χ4v) is 2.71. The van der Waals surface area contributed by atoms with Gasteiger partial charge in [-0.05, 0) is 32.0 Å². The van der Waals surface area contributed by atoms with Crippen LogP contribution < -0.4 is 5.32 Å². The highest BCUT2D eigenvalue weighted by molar-refractivity contribution is 7.17. The van der Waals surface area contributed by atoms with Crippen molar-refractivity contribution in [2.24, 2.45) is 0 Å². The van der Waals surface area contributed by atoms with Crippen molar-refractivity contribution in [3.8, 4) is 0 Å². The molecule has 0 unspecified atom stereocenters. The lowest BCUT2D eigenvalue weighted by molar-refractivity contribution is 0.102. The largest absolute Gasteiger partial charge is 0.289 e. The Hall–Kier alpha value is -2.35. The molecule has 0 atom stereocenters. The number of halogens is 2. The molecule has 3 aromatic rings. The normalized spacial score (nSPS) is 11.0. The number of hydrogen-bond donors (Lipinski definition) is 1. The SMILES string of the molecule is Cc1sc2nc(NC(=O)c3ccc(F)c(F)c3)nn2c1C. The first-order chi connectivity index (χ1) is 9.95. The maximum atomic E-state index is 13.1. The summed E-state index contributed by atoms with van der Waals surface area (Å²) in [5, 5.41) is 6.62. The Kier molecular flexibility index (Phi) is 3.17. The third-order valence-corrected chi connectivity index (χ3v) is 4.10. The molecule has 1 amide bonds. The maximum Gasteiger partial charge on any atom is 0.258 e. The number of anilines is 1. The smallest absolute Gasteiger partial charge is 0.258 e. The van der Waals surface area contributed by atoms with E-state index in [4.69, 9.17) is 0 Å². The Morgan fingerprint density at radius 3 is 2.71 bits per heavy atom. The van der Waals surface area contributed by atoms with Gasteiger partial charge in [0.1, 0.15) is 0 Å².